The Bertz CT molecular complexity index is 663. The lowest BCUT2D eigenvalue weighted by molar-refractivity contribution is 0.273. The van der Waals surface area contributed by atoms with Gasteiger partial charge in [-0.3, -0.25) is 5.10 Å². The summed E-state index contributed by atoms with van der Waals surface area (Å²) in [6.45, 7) is 2.34. The first-order valence-corrected chi connectivity index (χ1v) is 8.13. The van der Waals surface area contributed by atoms with Crippen LogP contribution in [-0.4, -0.2) is 39.8 Å². The third kappa shape index (κ3) is 3.90. The Balaban J connectivity index is 1.85. The molecule has 0 aliphatic heterocycles. The van der Waals surface area contributed by atoms with Crippen LogP contribution in [0.15, 0.2) is 23.6 Å². The largest absolute Gasteiger partial charge is 0.390 e. The fourth-order valence-electron chi connectivity index (χ4n) is 2.05. The topological polar surface area (TPSA) is 113 Å². The van der Waals surface area contributed by atoms with Gasteiger partial charge in [-0.1, -0.05) is 0 Å². The van der Waals surface area contributed by atoms with Crippen LogP contribution >= 0.6 is 0 Å². The number of nitrogens with one attached hydrogen (secondary N) is 2. The highest BCUT2D eigenvalue weighted by molar-refractivity contribution is 7.89. The molecule has 9 heteroatoms. The summed E-state index contributed by atoms with van der Waals surface area (Å²) in [5.74, 6) is 0. The molecule has 0 saturated carbocycles. The maximum atomic E-state index is 12.2. The summed E-state index contributed by atoms with van der Waals surface area (Å²) in [5.41, 5.74) is 0.559. The number of hydrogen-bond donors (Lipinski definition) is 3. The summed E-state index contributed by atoms with van der Waals surface area (Å²) in [4.78, 5) is 3.98. The number of unbranched alkanes of at least 4 members (excludes halogenated alkanes) is 1. The number of aliphatic hydroxyl groups excluding tert-OH is 1. The zero-order chi connectivity index (χ0) is 15.3. The van der Waals surface area contributed by atoms with E-state index in [9.17, 15) is 8.42 Å². The van der Waals surface area contributed by atoms with E-state index >= 15 is 0 Å². The normalized spacial score (nSPS) is 11.9. The van der Waals surface area contributed by atoms with Gasteiger partial charge in [0.2, 0.25) is 10.0 Å². The van der Waals surface area contributed by atoms with E-state index < -0.39 is 16.6 Å². The zero-order valence-corrected chi connectivity index (χ0v) is 12.6. The average molecular weight is 313 g/mol. The van der Waals surface area contributed by atoms with Gasteiger partial charge in [0, 0.05) is 25.5 Å². The Morgan fingerprint density at radius 2 is 2.24 bits per heavy atom. The fourth-order valence-corrected chi connectivity index (χ4v) is 3.48. The number of aliphatic hydroxyl groups is 1. The number of hydrogen-bond acceptors (Lipinski definition) is 5. The van der Waals surface area contributed by atoms with Crippen LogP contribution in [0.4, 0.5) is 0 Å². The molecule has 0 aliphatic rings. The number of aryl methyl sites for hydroxylation is 2. The van der Waals surface area contributed by atoms with Gasteiger partial charge in [-0.15, -0.1) is 0 Å². The first-order chi connectivity index (χ1) is 10.0. The molecule has 0 fully saturated rings. The molecule has 0 saturated heterocycles. The highest BCUT2D eigenvalue weighted by Crippen LogP contribution is 2.17. The molecule has 8 nitrogen and oxygen atoms in total. The number of H-pyrrole nitrogens is 1. The monoisotopic (exact) mass is 313 g/mol. The lowest BCUT2D eigenvalue weighted by Gasteiger charge is -2.07. The van der Waals surface area contributed by atoms with Crippen molar-refractivity contribution in [1.29, 1.82) is 0 Å². The Hall–Kier alpha value is -1.71. The smallest absolute Gasteiger partial charge is 0.244 e. The third-order valence-corrected chi connectivity index (χ3v) is 4.74. The molecule has 0 unspecified atom stereocenters. The molecule has 21 heavy (non-hydrogen) atoms. The van der Waals surface area contributed by atoms with Crippen molar-refractivity contribution in [2.45, 2.75) is 37.8 Å². The van der Waals surface area contributed by atoms with E-state index in [1.165, 1.54) is 0 Å². The summed E-state index contributed by atoms with van der Waals surface area (Å²) < 4.78 is 28.9. The highest BCUT2D eigenvalue weighted by atomic mass is 32.2. The quantitative estimate of drug-likeness (QED) is 0.601. The van der Waals surface area contributed by atoms with E-state index in [0.29, 0.717) is 18.7 Å². The van der Waals surface area contributed by atoms with Crippen LogP contribution in [0.1, 0.15) is 24.2 Å². The molecule has 2 rings (SSSR count). The minimum Gasteiger partial charge on any atom is -0.390 e. The second kappa shape index (κ2) is 6.83. The van der Waals surface area contributed by atoms with Crippen LogP contribution in [0.3, 0.4) is 0 Å². The van der Waals surface area contributed by atoms with Gasteiger partial charge in [-0.05, 0) is 19.8 Å². The van der Waals surface area contributed by atoms with Gasteiger partial charge in [0.15, 0.2) is 0 Å². The standard InChI is InChI=1S/C12H19N5O3S/c1-10-12(11(8-18)16-15-10)21(19,20)14-4-2-3-6-17-7-5-13-9-17/h5,7,9,14,18H,2-4,6,8H2,1H3,(H,15,16). The van der Waals surface area contributed by atoms with Gasteiger partial charge in [0.05, 0.1) is 18.6 Å². The number of aromatic amines is 1. The molecule has 0 aliphatic carbocycles. The minimum atomic E-state index is -3.65. The minimum absolute atomic E-state index is 0.0413. The maximum Gasteiger partial charge on any atom is 0.244 e. The summed E-state index contributed by atoms with van der Waals surface area (Å²) in [5, 5.41) is 15.5. The van der Waals surface area contributed by atoms with Crippen molar-refractivity contribution in [3.05, 3.63) is 30.1 Å². The Labute approximate surface area is 123 Å². The van der Waals surface area contributed by atoms with Gasteiger partial charge < -0.3 is 9.67 Å². The first kappa shape index (κ1) is 15.7. The summed E-state index contributed by atoms with van der Waals surface area (Å²) >= 11 is 0. The van der Waals surface area contributed by atoms with Gasteiger partial charge in [-0.2, -0.15) is 5.10 Å². The molecule has 0 radical (unpaired) electrons. The molecule has 2 aromatic rings. The average Bonchev–Trinajstić information content (AvgIpc) is 3.07. The number of nitrogens with zero attached hydrogens (tertiary/aromatic N) is 3. The molecule has 0 spiro atoms. The van der Waals surface area contributed by atoms with Crippen LogP contribution < -0.4 is 4.72 Å². The van der Waals surface area contributed by atoms with E-state index in [4.69, 9.17) is 5.11 Å². The molecule has 0 amide bonds. The van der Waals surface area contributed by atoms with Crippen LogP contribution in [0, 0.1) is 6.92 Å². The van der Waals surface area contributed by atoms with Gasteiger partial charge in [0.1, 0.15) is 10.6 Å². The van der Waals surface area contributed by atoms with E-state index in [2.05, 4.69) is 19.9 Å². The van der Waals surface area contributed by atoms with E-state index in [-0.39, 0.29) is 10.6 Å². The molecule has 2 heterocycles. The number of sulfonamides is 1. The zero-order valence-electron chi connectivity index (χ0n) is 11.8. The van der Waals surface area contributed by atoms with Crippen molar-refractivity contribution < 1.29 is 13.5 Å². The highest BCUT2D eigenvalue weighted by Gasteiger charge is 2.23. The van der Waals surface area contributed by atoms with Crippen LogP contribution in [0.2, 0.25) is 0 Å². The van der Waals surface area contributed by atoms with Gasteiger partial charge >= 0.3 is 0 Å². The molecule has 2 aromatic heterocycles. The molecule has 0 aromatic carbocycles. The van der Waals surface area contributed by atoms with Gasteiger partial charge in [-0.25, -0.2) is 18.1 Å². The Morgan fingerprint density at radius 3 is 2.90 bits per heavy atom. The Morgan fingerprint density at radius 1 is 1.43 bits per heavy atom. The lowest BCUT2D eigenvalue weighted by atomic mass is 10.3. The Kier molecular flexibility index (Phi) is 5.10. The number of imidazole rings is 1. The molecular formula is C12H19N5O3S. The van der Waals surface area contributed by atoms with Crippen molar-refractivity contribution in [1.82, 2.24) is 24.5 Å². The van der Waals surface area contributed by atoms with Crippen molar-refractivity contribution >= 4 is 10.0 Å². The van der Waals surface area contributed by atoms with Gasteiger partial charge in [0.25, 0.3) is 0 Å². The first-order valence-electron chi connectivity index (χ1n) is 6.64. The summed E-state index contributed by atoms with van der Waals surface area (Å²) in [6.07, 6.45) is 6.86. The number of rotatable bonds is 8. The van der Waals surface area contributed by atoms with Crippen LogP contribution in [-0.2, 0) is 23.2 Å². The molecule has 116 valence electrons. The van der Waals surface area contributed by atoms with Crippen molar-refractivity contribution in [2.75, 3.05) is 6.54 Å². The van der Waals surface area contributed by atoms with Crippen molar-refractivity contribution in [3.8, 4) is 0 Å². The second-order valence-electron chi connectivity index (χ2n) is 4.69. The number of aromatic nitrogens is 4. The lowest BCUT2D eigenvalue weighted by Crippen LogP contribution is -2.26. The molecule has 0 bridgehead atoms. The molecule has 0 atom stereocenters. The predicted octanol–water partition coefficient (Wildman–Crippen LogP) is 0.166. The fraction of sp³-hybridized carbons (Fsp3) is 0.500. The third-order valence-electron chi connectivity index (χ3n) is 3.07. The second-order valence-corrected chi connectivity index (χ2v) is 6.39. The molecular weight excluding hydrogens is 294 g/mol. The summed E-state index contributed by atoms with van der Waals surface area (Å²) in [6, 6.07) is 0. The maximum absolute atomic E-state index is 12.2. The predicted molar refractivity (Wildman–Crippen MR) is 75.9 cm³/mol. The SMILES string of the molecule is Cc1[nH]nc(CO)c1S(=O)(=O)NCCCCn1ccnc1. The summed E-state index contributed by atoms with van der Waals surface area (Å²) in [7, 11) is -3.65. The van der Waals surface area contributed by atoms with Crippen molar-refractivity contribution in [2.24, 2.45) is 0 Å². The van der Waals surface area contributed by atoms with E-state index in [1.54, 1.807) is 19.4 Å². The molecule has 3 N–H and O–H groups in total. The van der Waals surface area contributed by atoms with E-state index in [0.717, 1.165) is 13.0 Å². The van der Waals surface area contributed by atoms with Crippen LogP contribution in [0.25, 0.3) is 0 Å². The van der Waals surface area contributed by atoms with Crippen LogP contribution in [0.5, 0.6) is 0 Å². The van der Waals surface area contributed by atoms with E-state index in [1.807, 2.05) is 10.8 Å². The van der Waals surface area contributed by atoms with Crippen molar-refractivity contribution in [3.63, 3.8) is 0 Å².